The molecule has 0 radical (unpaired) electrons. The van der Waals surface area contributed by atoms with E-state index in [1.165, 1.54) is 22.3 Å². The molecule has 0 aromatic heterocycles. The highest BCUT2D eigenvalue weighted by Gasteiger charge is 2.26. The maximum Gasteiger partial charge on any atom is 0.0337 e. The van der Waals surface area contributed by atoms with E-state index in [1.807, 2.05) is 19.2 Å². The minimum atomic E-state index is -0.0647. The fourth-order valence-electron chi connectivity index (χ4n) is 3.59. The molecular weight excluding hydrogens is 328 g/mol. The molecule has 3 aromatic rings. The normalized spacial score (nSPS) is 12.0. The summed E-state index contributed by atoms with van der Waals surface area (Å²) in [6.45, 7) is 9.08. The minimum Gasteiger partial charge on any atom is -0.399 e. The highest BCUT2D eigenvalue weighted by Crippen LogP contribution is 2.36. The van der Waals surface area contributed by atoms with Gasteiger partial charge in [-0.1, -0.05) is 76.2 Å². The molecule has 0 unspecified atom stereocenters. The molecule has 0 bridgehead atoms. The van der Waals surface area contributed by atoms with E-state index in [0.29, 0.717) is 0 Å². The Morgan fingerprint density at radius 1 is 0.556 bits per heavy atom. The quantitative estimate of drug-likeness (QED) is 0.552. The fraction of sp³-hybridized carbons (Fsp3) is 0.280. The topological polar surface area (TPSA) is 38.0 Å². The summed E-state index contributed by atoms with van der Waals surface area (Å²) in [6, 6.07) is 25.9. The number of rotatable bonds is 5. The Kier molecular flexibility index (Phi) is 5.01. The van der Waals surface area contributed by atoms with E-state index in [1.54, 1.807) is 0 Å². The van der Waals surface area contributed by atoms with Gasteiger partial charge in [-0.15, -0.1) is 0 Å². The van der Waals surface area contributed by atoms with Crippen molar-refractivity contribution in [3.63, 3.8) is 0 Å². The van der Waals surface area contributed by atoms with E-state index < -0.39 is 0 Å². The first-order valence-corrected chi connectivity index (χ1v) is 9.50. The van der Waals surface area contributed by atoms with E-state index in [0.717, 1.165) is 11.4 Å². The number of nitrogens with two attached hydrogens (primary N) is 1. The Morgan fingerprint density at radius 2 is 0.852 bits per heavy atom. The van der Waals surface area contributed by atoms with Crippen molar-refractivity contribution in [1.29, 1.82) is 0 Å². The van der Waals surface area contributed by atoms with Gasteiger partial charge in [-0.2, -0.15) is 0 Å². The van der Waals surface area contributed by atoms with Gasteiger partial charge in [0.2, 0.25) is 0 Å². The summed E-state index contributed by atoms with van der Waals surface area (Å²) in [5.41, 5.74) is 12.9. The standard InChI is InChI=1S/C25H30N2/c1-24(2,20-10-14-22(26)15-11-20)18-6-8-19(9-7-18)25(3,4)21-12-16-23(27-5)17-13-21/h6-17,27H,26H2,1-5H3. The van der Waals surface area contributed by atoms with E-state index in [2.05, 4.69) is 93.7 Å². The van der Waals surface area contributed by atoms with Gasteiger partial charge in [0.05, 0.1) is 0 Å². The van der Waals surface area contributed by atoms with Crippen LogP contribution in [0.3, 0.4) is 0 Å². The summed E-state index contributed by atoms with van der Waals surface area (Å²) in [4.78, 5) is 0. The molecule has 0 atom stereocenters. The predicted octanol–water partition coefficient (Wildman–Crippen LogP) is 5.96. The van der Waals surface area contributed by atoms with Gasteiger partial charge in [-0.25, -0.2) is 0 Å². The molecule has 0 saturated carbocycles. The van der Waals surface area contributed by atoms with Crippen LogP contribution in [0, 0.1) is 0 Å². The number of nitrogen functional groups attached to an aromatic ring is 1. The summed E-state index contributed by atoms with van der Waals surface area (Å²) >= 11 is 0. The first-order valence-electron chi connectivity index (χ1n) is 9.50. The number of hydrogen-bond acceptors (Lipinski definition) is 2. The Hall–Kier alpha value is -2.74. The van der Waals surface area contributed by atoms with E-state index in [-0.39, 0.29) is 10.8 Å². The molecule has 3 N–H and O–H groups in total. The highest BCUT2D eigenvalue weighted by atomic mass is 14.8. The van der Waals surface area contributed by atoms with Gasteiger partial charge < -0.3 is 11.1 Å². The van der Waals surface area contributed by atoms with Gasteiger partial charge in [-0.05, 0) is 46.5 Å². The summed E-state index contributed by atoms with van der Waals surface area (Å²) < 4.78 is 0. The van der Waals surface area contributed by atoms with Crippen LogP contribution in [0.4, 0.5) is 11.4 Å². The van der Waals surface area contributed by atoms with Crippen molar-refractivity contribution in [2.45, 2.75) is 38.5 Å². The van der Waals surface area contributed by atoms with Crippen molar-refractivity contribution in [1.82, 2.24) is 0 Å². The molecule has 0 aliphatic heterocycles. The van der Waals surface area contributed by atoms with Gasteiger partial charge in [0.15, 0.2) is 0 Å². The Bertz CT molecular complexity index is 887. The molecule has 0 amide bonds. The molecule has 140 valence electrons. The van der Waals surface area contributed by atoms with Crippen LogP contribution >= 0.6 is 0 Å². The van der Waals surface area contributed by atoms with Crippen molar-refractivity contribution < 1.29 is 0 Å². The molecule has 0 heterocycles. The summed E-state index contributed by atoms with van der Waals surface area (Å²) in [6.07, 6.45) is 0. The first-order chi connectivity index (χ1) is 12.7. The largest absolute Gasteiger partial charge is 0.399 e. The first kappa shape index (κ1) is 19.0. The van der Waals surface area contributed by atoms with Crippen LogP contribution in [-0.4, -0.2) is 7.05 Å². The van der Waals surface area contributed by atoms with E-state index in [4.69, 9.17) is 5.73 Å². The van der Waals surface area contributed by atoms with Crippen LogP contribution in [0.2, 0.25) is 0 Å². The number of nitrogens with one attached hydrogen (secondary N) is 1. The molecule has 0 saturated heterocycles. The van der Waals surface area contributed by atoms with Crippen molar-refractivity contribution in [2.24, 2.45) is 0 Å². The highest BCUT2D eigenvalue weighted by molar-refractivity contribution is 5.49. The average molecular weight is 359 g/mol. The van der Waals surface area contributed by atoms with Gasteiger partial charge in [0, 0.05) is 29.3 Å². The van der Waals surface area contributed by atoms with Gasteiger partial charge >= 0.3 is 0 Å². The minimum absolute atomic E-state index is 0.0455. The third-order valence-corrected chi connectivity index (χ3v) is 5.86. The van der Waals surface area contributed by atoms with Crippen LogP contribution in [0.15, 0.2) is 72.8 Å². The number of benzene rings is 3. The molecular formula is C25H30N2. The van der Waals surface area contributed by atoms with Crippen molar-refractivity contribution >= 4 is 11.4 Å². The Balaban J connectivity index is 1.90. The van der Waals surface area contributed by atoms with Gasteiger partial charge in [-0.3, -0.25) is 0 Å². The van der Waals surface area contributed by atoms with Crippen LogP contribution < -0.4 is 11.1 Å². The van der Waals surface area contributed by atoms with Crippen molar-refractivity contribution in [3.8, 4) is 0 Å². The van der Waals surface area contributed by atoms with Crippen LogP contribution in [0.25, 0.3) is 0 Å². The lowest BCUT2D eigenvalue weighted by molar-refractivity contribution is 0.626. The van der Waals surface area contributed by atoms with Gasteiger partial charge in [0.25, 0.3) is 0 Å². The molecule has 0 aliphatic carbocycles. The number of hydrogen-bond donors (Lipinski definition) is 2. The lowest BCUT2D eigenvalue weighted by atomic mass is 9.74. The average Bonchev–Trinajstić information content (AvgIpc) is 2.68. The summed E-state index contributed by atoms with van der Waals surface area (Å²) in [5.74, 6) is 0. The second-order valence-electron chi connectivity index (χ2n) is 8.28. The smallest absolute Gasteiger partial charge is 0.0337 e. The summed E-state index contributed by atoms with van der Waals surface area (Å²) in [5, 5.41) is 3.18. The Morgan fingerprint density at radius 3 is 1.19 bits per heavy atom. The molecule has 2 nitrogen and oxygen atoms in total. The zero-order chi connectivity index (χ0) is 19.7. The molecule has 3 aromatic carbocycles. The maximum absolute atomic E-state index is 5.85. The third-order valence-electron chi connectivity index (χ3n) is 5.86. The van der Waals surface area contributed by atoms with Crippen LogP contribution in [0.5, 0.6) is 0 Å². The lowest BCUT2D eigenvalue weighted by Gasteiger charge is -2.29. The van der Waals surface area contributed by atoms with E-state index in [9.17, 15) is 0 Å². The second kappa shape index (κ2) is 7.11. The summed E-state index contributed by atoms with van der Waals surface area (Å²) in [7, 11) is 1.95. The SMILES string of the molecule is CNc1ccc(C(C)(C)c2ccc(C(C)(C)c3ccc(N)cc3)cc2)cc1. The van der Waals surface area contributed by atoms with Crippen molar-refractivity contribution in [3.05, 3.63) is 95.1 Å². The van der Waals surface area contributed by atoms with Crippen LogP contribution in [-0.2, 0) is 10.8 Å². The second-order valence-corrected chi connectivity index (χ2v) is 8.28. The van der Waals surface area contributed by atoms with Crippen LogP contribution in [0.1, 0.15) is 49.9 Å². The molecule has 0 fully saturated rings. The third kappa shape index (κ3) is 3.71. The maximum atomic E-state index is 5.85. The zero-order valence-corrected chi connectivity index (χ0v) is 17.0. The fourth-order valence-corrected chi connectivity index (χ4v) is 3.59. The van der Waals surface area contributed by atoms with E-state index >= 15 is 0 Å². The van der Waals surface area contributed by atoms with Gasteiger partial charge in [0.1, 0.15) is 0 Å². The molecule has 0 spiro atoms. The zero-order valence-electron chi connectivity index (χ0n) is 17.0. The molecule has 3 rings (SSSR count). The predicted molar refractivity (Wildman–Crippen MR) is 118 cm³/mol. The monoisotopic (exact) mass is 358 g/mol. The lowest BCUT2D eigenvalue weighted by Crippen LogP contribution is -2.21. The Labute approximate surface area is 163 Å². The number of anilines is 2. The molecule has 2 heteroatoms. The molecule has 27 heavy (non-hydrogen) atoms. The van der Waals surface area contributed by atoms with Crippen molar-refractivity contribution in [2.75, 3.05) is 18.1 Å². The molecule has 0 aliphatic rings.